The average Bonchev–Trinajstić information content (AvgIpc) is 3.23. The molecule has 4 rings (SSSR count). The highest BCUT2D eigenvalue weighted by Gasteiger charge is 2.69. The summed E-state index contributed by atoms with van der Waals surface area (Å²) in [5.74, 6) is -1.97. The Bertz CT molecular complexity index is 1090. The molecule has 1 saturated carbocycles. The van der Waals surface area contributed by atoms with Crippen LogP contribution in [0.3, 0.4) is 0 Å². The van der Waals surface area contributed by atoms with Gasteiger partial charge in [0.1, 0.15) is 9.75 Å². The number of fused-ring (bicyclic) bond motifs is 2. The topological polar surface area (TPSA) is 89.5 Å². The van der Waals surface area contributed by atoms with E-state index in [-0.39, 0.29) is 40.4 Å². The molecule has 0 aliphatic heterocycles. The normalized spacial score (nSPS) is 21.1. The van der Waals surface area contributed by atoms with Crippen molar-refractivity contribution in [1.82, 2.24) is 0 Å². The number of esters is 1. The molecule has 2 aromatic carbocycles. The second kappa shape index (κ2) is 6.68. The molecule has 0 spiro atoms. The van der Waals surface area contributed by atoms with Crippen molar-refractivity contribution in [2.75, 3.05) is 11.9 Å². The molecular weight excluding hydrogens is 417 g/mol. The van der Waals surface area contributed by atoms with Gasteiger partial charge in [0.2, 0.25) is 0 Å². The lowest BCUT2D eigenvalue weighted by Crippen LogP contribution is -2.28. The molecule has 1 unspecified atom stereocenters. The Balaban J connectivity index is 1.52. The van der Waals surface area contributed by atoms with Crippen molar-refractivity contribution in [2.45, 2.75) is 17.7 Å². The number of hydrogen-bond donors (Lipinski definition) is 1. The number of nitrogens with one attached hydrogen (secondary N) is 1. The Labute approximate surface area is 176 Å². The fraction of sp³-hybridized carbons (Fsp3) is 0.238. The summed E-state index contributed by atoms with van der Waals surface area (Å²) in [5, 5.41) is 2.54. The van der Waals surface area contributed by atoms with E-state index in [0.717, 1.165) is 0 Å². The van der Waals surface area contributed by atoms with Gasteiger partial charge in [0, 0.05) is 23.1 Å². The minimum atomic E-state index is -1.20. The molecule has 0 bridgehead atoms. The minimum Gasteiger partial charge on any atom is -0.455 e. The molecular formula is C21H15Cl2NO5. The van der Waals surface area contributed by atoms with Crippen LogP contribution in [0, 0.1) is 5.41 Å². The Kier molecular flexibility index (Phi) is 4.52. The molecule has 8 heteroatoms. The quantitative estimate of drug-likeness (QED) is 0.503. The molecule has 2 aliphatic rings. The molecule has 29 heavy (non-hydrogen) atoms. The van der Waals surface area contributed by atoms with Crippen LogP contribution in [0.25, 0.3) is 0 Å². The van der Waals surface area contributed by atoms with Gasteiger partial charge in [-0.2, -0.15) is 0 Å². The molecule has 1 amide bonds. The van der Waals surface area contributed by atoms with Gasteiger partial charge in [-0.25, -0.2) is 0 Å². The predicted octanol–water partition coefficient (Wildman–Crippen LogP) is 3.53. The monoisotopic (exact) mass is 431 g/mol. The zero-order valence-electron chi connectivity index (χ0n) is 15.3. The smallest absolute Gasteiger partial charge is 0.315 e. The average molecular weight is 432 g/mol. The number of benzene rings is 2. The third kappa shape index (κ3) is 3.12. The number of alkyl halides is 2. The van der Waals surface area contributed by atoms with E-state index in [4.69, 9.17) is 27.9 Å². The Hall–Kier alpha value is -2.70. The number of halogens is 2. The number of ketones is 2. The van der Waals surface area contributed by atoms with Crippen LogP contribution in [0.4, 0.5) is 5.69 Å². The van der Waals surface area contributed by atoms with E-state index in [1.54, 1.807) is 37.3 Å². The van der Waals surface area contributed by atoms with Crippen LogP contribution in [-0.2, 0) is 14.3 Å². The fourth-order valence-corrected chi connectivity index (χ4v) is 4.04. The van der Waals surface area contributed by atoms with Gasteiger partial charge in [-0.1, -0.05) is 36.4 Å². The Morgan fingerprint density at radius 2 is 1.59 bits per heavy atom. The first-order chi connectivity index (χ1) is 13.7. The summed E-state index contributed by atoms with van der Waals surface area (Å²) in [6.45, 7) is 0.989. The highest BCUT2D eigenvalue weighted by Crippen LogP contribution is 2.64. The van der Waals surface area contributed by atoms with E-state index in [9.17, 15) is 19.2 Å². The molecule has 1 fully saturated rings. The molecule has 1 N–H and O–H groups in total. The van der Waals surface area contributed by atoms with E-state index >= 15 is 0 Å². The molecule has 0 heterocycles. The van der Waals surface area contributed by atoms with Crippen molar-refractivity contribution in [3.05, 3.63) is 64.7 Å². The first-order valence-corrected chi connectivity index (χ1v) is 9.58. The highest BCUT2D eigenvalue weighted by atomic mass is 35.5. The number of carbonyl (C=O) groups excluding carboxylic acids is 4. The van der Waals surface area contributed by atoms with Gasteiger partial charge in [-0.05, 0) is 13.0 Å². The van der Waals surface area contributed by atoms with Crippen molar-refractivity contribution in [1.29, 1.82) is 0 Å². The van der Waals surface area contributed by atoms with Crippen molar-refractivity contribution < 1.29 is 23.9 Å². The van der Waals surface area contributed by atoms with Crippen LogP contribution in [0.2, 0.25) is 0 Å². The summed E-state index contributed by atoms with van der Waals surface area (Å²) in [7, 11) is 0. The van der Waals surface area contributed by atoms with Crippen molar-refractivity contribution in [3.63, 3.8) is 0 Å². The number of anilines is 1. The minimum absolute atomic E-state index is 0.116. The highest BCUT2D eigenvalue weighted by molar-refractivity contribution is 6.53. The molecule has 148 valence electrons. The van der Waals surface area contributed by atoms with Gasteiger partial charge < -0.3 is 10.1 Å². The van der Waals surface area contributed by atoms with Gasteiger partial charge in [0.15, 0.2) is 18.2 Å². The van der Waals surface area contributed by atoms with Gasteiger partial charge in [0.25, 0.3) is 5.91 Å². The Morgan fingerprint density at radius 3 is 2.21 bits per heavy atom. The molecule has 2 aliphatic carbocycles. The number of carbonyl (C=O) groups is 4. The zero-order chi connectivity index (χ0) is 21.0. The molecule has 0 aromatic heterocycles. The molecule has 2 aromatic rings. The maximum atomic E-state index is 12.9. The summed E-state index contributed by atoms with van der Waals surface area (Å²) >= 11 is 11.9. The molecule has 0 saturated heterocycles. The number of rotatable bonds is 4. The zero-order valence-corrected chi connectivity index (χ0v) is 16.8. The summed E-state index contributed by atoms with van der Waals surface area (Å²) in [6, 6.07) is 11.1. The number of ether oxygens (including phenoxy) is 1. The Morgan fingerprint density at radius 1 is 1.00 bits per heavy atom. The molecule has 1 atom stereocenters. The van der Waals surface area contributed by atoms with Gasteiger partial charge in [-0.3, -0.25) is 19.2 Å². The second-order valence-electron chi connectivity index (χ2n) is 7.27. The van der Waals surface area contributed by atoms with Crippen molar-refractivity contribution >= 4 is 52.3 Å². The summed E-state index contributed by atoms with van der Waals surface area (Å²) in [5.41, 5.74) is 0.0618. The SMILES string of the molecule is CC1(C(=O)OCC(=O)Nc2cccc3c2C(=O)c2ccccc2C3=O)CC1(Cl)Cl. The van der Waals surface area contributed by atoms with Crippen molar-refractivity contribution in [3.8, 4) is 0 Å². The summed E-state index contributed by atoms with van der Waals surface area (Å²) in [6.07, 6.45) is 0.242. The van der Waals surface area contributed by atoms with E-state index in [2.05, 4.69) is 5.32 Å². The first kappa shape index (κ1) is 19.6. The number of hydrogen-bond acceptors (Lipinski definition) is 5. The lowest BCUT2D eigenvalue weighted by molar-refractivity contribution is -0.152. The van der Waals surface area contributed by atoms with E-state index in [1.165, 1.54) is 12.1 Å². The standard InChI is InChI=1S/C21H15Cl2NO5/c1-20(10-21(20,22)23)19(28)29-9-15(25)24-14-8-4-7-13-16(14)18(27)12-6-3-2-5-11(12)17(13)26/h2-8H,9-10H2,1H3,(H,24,25). The largest absolute Gasteiger partial charge is 0.455 e. The molecule has 0 radical (unpaired) electrons. The third-order valence-corrected chi connectivity index (χ3v) is 6.37. The lowest BCUT2D eigenvalue weighted by atomic mass is 9.83. The maximum absolute atomic E-state index is 12.9. The number of amides is 1. The van der Waals surface area contributed by atoms with Crippen molar-refractivity contribution in [2.24, 2.45) is 5.41 Å². The van der Waals surface area contributed by atoms with E-state index < -0.39 is 28.2 Å². The van der Waals surface area contributed by atoms with E-state index in [1.807, 2.05) is 0 Å². The molecule has 6 nitrogen and oxygen atoms in total. The predicted molar refractivity (Wildman–Crippen MR) is 106 cm³/mol. The van der Waals surface area contributed by atoms with Crippen LogP contribution < -0.4 is 5.32 Å². The first-order valence-electron chi connectivity index (χ1n) is 8.82. The third-order valence-electron chi connectivity index (χ3n) is 5.27. The van der Waals surface area contributed by atoms with Crippen LogP contribution in [0.1, 0.15) is 45.2 Å². The van der Waals surface area contributed by atoms with E-state index in [0.29, 0.717) is 5.56 Å². The fourth-order valence-electron chi connectivity index (χ4n) is 3.35. The summed E-state index contributed by atoms with van der Waals surface area (Å²) < 4.78 is 3.82. The maximum Gasteiger partial charge on any atom is 0.315 e. The van der Waals surface area contributed by atoms with Gasteiger partial charge in [-0.15, -0.1) is 23.2 Å². The van der Waals surface area contributed by atoms with Crippen LogP contribution in [0.15, 0.2) is 42.5 Å². The van der Waals surface area contributed by atoms with Gasteiger partial charge in [0.05, 0.1) is 11.3 Å². The van der Waals surface area contributed by atoms with Crippen LogP contribution >= 0.6 is 23.2 Å². The van der Waals surface area contributed by atoms with Crippen LogP contribution in [-0.4, -0.2) is 34.4 Å². The second-order valence-corrected chi connectivity index (χ2v) is 8.75. The van der Waals surface area contributed by atoms with Crippen LogP contribution in [0.5, 0.6) is 0 Å². The summed E-state index contributed by atoms with van der Waals surface area (Å²) in [4.78, 5) is 50.0. The lowest BCUT2D eigenvalue weighted by Gasteiger charge is -2.20. The van der Waals surface area contributed by atoms with Gasteiger partial charge >= 0.3 is 5.97 Å².